The van der Waals surface area contributed by atoms with Crippen molar-refractivity contribution in [3.63, 3.8) is 0 Å². The Morgan fingerprint density at radius 2 is 2.08 bits per heavy atom. The van der Waals surface area contributed by atoms with Gasteiger partial charge >= 0.3 is 0 Å². The van der Waals surface area contributed by atoms with Crippen LogP contribution in [0.3, 0.4) is 0 Å². The molecule has 1 heterocycles. The molecule has 0 N–H and O–H groups in total. The molecule has 0 aliphatic carbocycles. The first-order chi connectivity index (χ1) is 5.83. The third-order valence-electron chi connectivity index (χ3n) is 1.68. The van der Waals surface area contributed by atoms with Crippen LogP contribution in [-0.2, 0) is 6.42 Å². The molecule has 0 saturated carbocycles. The summed E-state index contributed by atoms with van der Waals surface area (Å²) in [6.45, 7) is 4.01. The van der Waals surface area contributed by atoms with Crippen LogP contribution in [0.2, 0.25) is 0 Å². The van der Waals surface area contributed by atoms with E-state index in [2.05, 4.69) is 23.7 Å². The molecule has 0 spiro atoms. The molecule has 1 heteroatoms. The highest BCUT2D eigenvalue weighted by atomic mass is 14.6. The summed E-state index contributed by atoms with van der Waals surface area (Å²) in [5.74, 6) is 6.49. The first-order valence-electron chi connectivity index (χ1n) is 4.14. The summed E-state index contributed by atoms with van der Waals surface area (Å²) < 4.78 is 0. The molecule has 0 radical (unpaired) electrons. The van der Waals surface area contributed by atoms with Gasteiger partial charge in [-0.05, 0) is 31.0 Å². The first-order valence-corrected chi connectivity index (χ1v) is 4.14. The minimum Gasteiger partial charge on any atom is -0.265 e. The topological polar surface area (TPSA) is 12.9 Å². The predicted octanol–water partition coefficient (Wildman–Crippen LogP) is 2.28. The SMILES string of the molecule is CC#CC(C)Cc1ccncc1. The van der Waals surface area contributed by atoms with Crippen molar-refractivity contribution < 1.29 is 0 Å². The predicted molar refractivity (Wildman–Crippen MR) is 50.6 cm³/mol. The van der Waals surface area contributed by atoms with Crippen LogP contribution in [0.15, 0.2) is 24.5 Å². The van der Waals surface area contributed by atoms with E-state index in [1.54, 1.807) is 0 Å². The van der Waals surface area contributed by atoms with Gasteiger partial charge in [0.1, 0.15) is 0 Å². The molecule has 1 nitrogen and oxygen atoms in total. The fraction of sp³-hybridized carbons (Fsp3) is 0.364. The van der Waals surface area contributed by atoms with Crippen molar-refractivity contribution in [2.24, 2.45) is 5.92 Å². The maximum Gasteiger partial charge on any atom is 0.0270 e. The zero-order valence-corrected chi connectivity index (χ0v) is 7.54. The van der Waals surface area contributed by atoms with Gasteiger partial charge in [0.15, 0.2) is 0 Å². The second-order valence-electron chi connectivity index (χ2n) is 2.85. The van der Waals surface area contributed by atoms with Crippen molar-refractivity contribution in [1.29, 1.82) is 0 Å². The summed E-state index contributed by atoms with van der Waals surface area (Å²) in [6, 6.07) is 4.07. The Morgan fingerprint density at radius 3 is 2.67 bits per heavy atom. The van der Waals surface area contributed by atoms with Crippen molar-refractivity contribution in [1.82, 2.24) is 4.98 Å². The number of rotatable bonds is 2. The smallest absolute Gasteiger partial charge is 0.0270 e. The van der Waals surface area contributed by atoms with Crippen LogP contribution in [0.5, 0.6) is 0 Å². The number of aromatic nitrogens is 1. The average molecular weight is 159 g/mol. The Labute approximate surface area is 73.8 Å². The van der Waals surface area contributed by atoms with E-state index >= 15 is 0 Å². The lowest BCUT2D eigenvalue weighted by molar-refractivity contribution is 0.749. The maximum absolute atomic E-state index is 3.96. The van der Waals surface area contributed by atoms with Gasteiger partial charge in [-0.2, -0.15) is 0 Å². The summed E-state index contributed by atoms with van der Waals surface area (Å²) in [5, 5.41) is 0. The van der Waals surface area contributed by atoms with Gasteiger partial charge in [-0.1, -0.05) is 6.92 Å². The number of pyridine rings is 1. The van der Waals surface area contributed by atoms with E-state index in [-0.39, 0.29) is 0 Å². The minimum atomic E-state index is 0.442. The maximum atomic E-state index is 3.96. The van der Waals surface area contributed by atoms with Crippen molar-refractivity contribution in [3.05, 3.63) is 30.1 Å². The molecule has 0 amide bonds. The molecule has 0 aromatic carbocycles. The van der Waals surface area contributed by atoms with Gasteiger partial charge in [-0.15, -0.1) is 11.8 Å². The highest BCUT2D eigenvalue weighted by Gasteiger charge is 1.97. The molecule has 12 heavy (non-hydrogen) atoms. The monoisotopic (exact) mass is 159 g/mol. The zero-order valence-electron chi connectivity index (χ0n) is 7.54. The van der Waals surface area contributed by atoms with E-state index in [1.165, 1.54) is 5.56 Å². The lowest BCUT2D eigenvalue weighted by atomic mass is 10.0. The summed E-state index contributed by atoms with van der Waals surface area (Å²) >= 11 is 0. The summed E-state index contributed by atoms with van der Waals surface area (Å²) in [4.78, 5) is 3.96. The van der Waals surface area contributed by atoms with E-state index in [9.17, 15) is 0 Å². The van der Waals surface area contributed by atoms with Crippen molar-refractivity contribution in [2.75, 3.05) is 0 Å². The van der Waals surface area contributed by atoms with Crippen LogP contribution in [0.4, 0.5) is 0 Å². The van der Waals surface area contributed by atoms with E-state index in [1.807, 2.05) is 31.5 Å². The molecule has 0 aliphatic heterocycles. The molecule has 1 unspecified atom stereocenters. The van der Waals surface area contributed by atoms with Crippen molar-refractivity contribution in [2.45, 2.75) is 20.3 Å². The second kappa shape index (κ2) is 4.56. The molecular weight excluding hydrogens is 146 g/mol. The molecule has 0 aliphatic rings. The highest BCUT2D eigenvalue weighted by Crippen LogP contribution is 2.05. The summed E-state index contributed by atoms with van der Waals surface area (Å²) in [5.41, 5.74) is 1.31. The molecule has 1 rings (SSSR count). The van der Waals surface area contributed by atoms with E-state index in [0.717, 1.165) is 6.42 Å². The van der Waals surface area contributed by atoms with Gasteiger partial charge in [-0.25, -0.2) is 0 Å². The molecule has 0 bridgehead atoms. The van der Waals surface area contributed by atoms with Gasteiger partial charge in [-0.3, -0.25) is 4.98 Å². The van der Waals surface area contributed by atoms with Crippen molar-refractivity contribution >= 4 is 0 Å². The average Bonchev–Trinajstić information content (AvgIpc) is 2.06. The van der Waals surface area contributed by atoms with Crippen LogP contribution in [0.1, 0.15) is 19.4 Å². The molecule has 1 aromatic heterocycles. The van der Waals surface area contributed by atoms with Crippen LogP contribution in [0, 0.1) is 17.8 Å². The van der Waals surface area contributed by atoms with Crippen LogP contribution in [-0.4, -0.2) is 4.98 Å². The van der Waals surface area contributed by atoms with Crippen molar-refractivity contribution in [3.8, 4) is 11.8 Å². The zero-order chi connectivity index (χ0) is 8.81. The van der Waals surface area contributed by atoms with Gasteiger partial charge in [0, 0.05) is 18.3 Å². The number of nitrogens with zero attached hydrogens (tertiary/aromatic N) is 1. The molecule has 1 aromatic rings. The Balaban J connectivity index is 2.56. The fourth-order valence-corrected chi connectivity index (χ4v) is 1.17. The van der Waals surface area contributed by atoms with Crippen LogP contribution >= 0.6 is 0 Å². The molecule has 0 fully saturated rings. The summed E-state index contributed by atoms with van der Waals surface area (Å²) in [6.07, 6.45) is 4.66. The molecule has 0 saturated heterocycles. The van der Waals surface area contributed by atoms with E-state index in [4.69, 9.17) is 0 Å². The van der Waals surface area contributed by atoms with Gasteiger partial charge in [0.05, 0.1) is 0 Å². The first kappa shape index (κ1) is 8.80. The number of hydrogen-bond acceptors (Lipinski definition) is 1. The second-order valence-corrected chi connectivity index (χ2v) is 2.85. The Morgan fingerprint density at radius 1 is 1.42 bits per heavy atom. The third kappa shape index (κ3) is 2.75. The lowest BCUT2D eigenvalue weighted by Crippen LogP contribution is -1.95. The molecule has 1 atom stereocenters. The molecule has 62 valence electrons. The minimum absolute atomic E-state index is 0.442. The summed E-state index contributed by atoms with van der Waals surface area (Å²) in [7, 11) is 0. The van der Waals surface area contributed by atoms with E-state index < -0.39 is 0 Å². The Kier molecular flexibility index (Phi) is 3.35. The van der Waals surface area contributed by atoms with Crippen LogP contribution < -0.4 is 0 Å². The highest BCUT2D eigenvalue weighted by molar-refractivity contribution is 5.13. The van der Waals surface area contributed by atoms with E-state index in [0.29, 0.717) is 5.92 Å². The van der Waals surface area contributed by atoms with Gasteiger partial charge in [0.2, 0.25) is 0 Å². The molecular formula is C11H13N. The van der Waals surface area contributed by atoms with Gasteiger partial charge < -0.3 is 0 Å². The number of hydrogen-bond donors (Lipinski definition) is 0. The van der Waals surface area contributed by atoms with Gasteiger partial charge in [0.25, 0.3) is 0 Å². The fourth-order valence-electron chi connectivity index (χ4n) is 1.17. The lowest BCUT2D eigenvalue weighted by Gasteiger charge is -2.02. The quantitative estimate of drug-likeness (QED) is 0.603. The Hall–Kier alpha value is -1.29. The Bertz CT molecular complexity index is 279. The van der Waals surface area contributed by atoms with Crippen LogP contribution in [0.25, 0.3) is 0 Å². The normalized spacial score (nSPS) is 11.5. The standard InChI is InChI=1S/C11H13N/c1-3-4-10(2)9-11-5-7-12-8-6-11/h5-8,10H,9H2,1-2H3. The third-order valence-corrected chi connectivity index (χ3v) is 1.68. The largest absolute Gasteiger partial charge is 0.265 e.